The van der Waals surface area contributed by atoms with Crippen LogP contribution in [0.3, 0.4) is 0 Å². The minimum atomic E-state index is 1.24. The Kier molecular flexibility index (Phi) is 7.31. The van der Waals surface area contributed by atoms with Crippen LogP contribution in [0.25, 0.3) is 85.6 Å². The minimum Gasteiger partial charge on any atom is -0.135 e. The van der Waals surface area contributed by atoms with E-state index < -0.39 is 0 Å². The zero-order valence-corrected chi connectivity index (χ0v) is 27.8. The molecule has 9 aromatic rings. The zero-order chi connectivity index (χ0) is 31.9. The summed E-state index contributed by atoms with van der Waals surface area (Å²) >= 11 is 3.75. The lowest BCUT2D eigenvalue weighted by atomic mass is 9.99. The van der Waals surface area contributed by atoms with Crippen LogP contribution in [0.15, 0.2) is 182 Å². The Morgan fingerprint density at radius 1 is 0.229 bits per heavy atom. The van der Waals surface area contributed by atoms with Crippen LogP contribution in [0.5, 0.6) is 0 Å². The molecular weight excluding hydrogens is 617 g/mol. The quantitative estimate of drug-likeness (QED) is 0.169. The van der Waals surface area contributed by atoms with Gasteiger partial charge in [-0.15, -0.1) is 22.7 Å². The third-order valence-corrected chi connectivity index (χ3v) is 11.4. The third-order valence-electron chi connectivity index (χ3n) is 9.14. The van der Waals surface area contributed by atoms with Crippen molar-refractivity contribution >= 4 is 42.8 Å². The summed E-state index contributed by atoms with van der Waals surface area (Å²) in [6.07, 6.45) is 0. The van der Waals surface area contributed by atoms with Gasteiger partial charge >= 0.3 is 0 Å². The molecule has 0 unspecified atom stereocenters. The van der Waals surface area contributed by atoms with Gasteiger partial charge in [0.05, 0.1) is 0 Å². The van der Waals surface area contributed by atoms with E-state index in [1.165, 1.54) is 85.6 Å². The van der Waals surface area contributed by atoms with E-state index in [4.69, 9.17) is 0 Å². The van der Waals surface area contributed by atoms with E-state index >= 15 is 0 Å². The predicted molar refractivity (Wildman–Crippen MR) is 210 cm³/mol. The summed E-state index contributed by atoms with van der Waals surface area (Å²) in [7, 11) is 0. The highest BCUT2D eigenvalue weighted by Crippen LogP contribution is 2.41. The second kappa shape index (κ2) is 12.2. The Hall–Kier alpha value is -5.54. The summed E-state index contributed by atoms with van der Waals surface area (Å²) in [6.45, 7) is 0. The summed E-state index contributed by atoms with van der Waals surface area (Å²) in [4.78, 5) is 2.61. The molecule has 48 heavy (non-hydrogen) atoms. The van der Waals surface area contributed by atoms with Crippen molar-refractivity contribution in [3.8, 4) is 65.4 Å². The molecule has 2 heteroatoms. The first-order chi connectivity index (χ1) is 23.7. The van der Waals surface area contributed by atoms with Crippen molar-refractivity contribution in [3.05, 3.63) is 182 Å². The van der Waals surface area contributed by atoms with Gasteiger partial charge in [-0.05, 0) is 90.7 Å². The lowest BCUT2D eigenvalue weighted by molar-refractivity contribution is 1.59. The van der Waals surface area contributed by atoms with Crippen molar-refractivity contribution in [1.29, 1.82) is 0 Å². The Balaban J connectivity index is 0.925. The van der Waals surface area contributed by atoms with Crippen LogP contribution in [-0.4, -0.2) is 0 Å². The first-order valence-corrected chi connectivity index (χ1v) is 17.9. The van der Waals surface area contributed by atoms with Gasteiger partial charge in [-0.1, -0.05) is 158 Å². The highest BCUT2D eigenvalue weighted by Gasteiger charge is 2.11. The lowest BCUT2D eigenvalue weighted by Gasteiger charge is -2.06. The van der Waals surface area contributed by atoms with Gasteiger partial charge in [-0.2, -0.15) is 0 Å². The largest absolute Gasteiger partial charge is 0.135 e. The number of hydrogen-bond donors (Lipinski definition) is 0. The van der Waals surface area contributed by atoms with Crippen molar-refractivity contribution in [2.45, 2.75) is 0 Å². The van der Waals surface area contributed by atoms with Gasteiger partial charge in [0.15, 0.2) is 0 Å². The van der Waals surface area contributed by atoms with Crippen LogP contribution in [0.4, 0.5) is 0 Å². The molecule has 226 valence electrons. The second-order valence-corrected chi connectivity index (χ2v) is 14.4. The fourth-order valence-electron chi connectivity index (χ4n) is 6.48. The maximum Gasteiger partial charge on any atom is 0.0356 e. The molecule has 0 radical (unpaired) electrons. The number of rotatable bonds is 6. The summed E-state index contributed by atoms with van der Waals surface area (Å²) in [6, 6.07) is 66.2. The van der Waals surface area contributed by atoms with E-state index in [-0.39, 0.29) is 0 Å². The molecule has 2 heterocycles. The maximum absolute atomic E-state index is 2.37. The predicted octanol–water partition coefficient (Wildman–Crippen LogP) is 14.1. The van der Waals surface area contributed by atoms with Gasteiger partial charge in [0.25, 0.3) is 0 Å². The third kappa shape index (κ3) is 5.56. The van der Waals surface area contributed by atoms with Gasteiger partial charge < -0.3 is 0 Å². The molecule has 9 rings (SSSR count). The SMILES string of the molecule is c1ccc(-c2ccc(-c3ccc(-c4cc5cc6sc(-c7ccc(-c8ccc(-c9ccccc9)cc8)cc7)cc6cc5s4)cc3)cc2)cc1. The number of hydrogen-bond acceptors (Lipinski definition) is 2. The van der Waals surface area contributed by atoms with Crippen LogP contribution in [0, 0.1) is 0 Å². The van der Waals surface area contributed by atoms with Gasteiger partial charge in [-0.25, -0.2) is 0 Å². The van der Waals surface area contributed by atoms with Crippen LogP contribution >= 0.6 is 22.7 Å². The van der Waals surface area contributed by atoms with Crippen molar-refractivity contribution in [3.63, 3.8) is 0 Å². The van der Waals surface area contributed by atoms with Gasteiger partial charge in [0, 0.05) is 19.2 Å². The molecule has 0 saturated carbocycles. The van der Waals surface area contributed by atoms with E-state index in [1.807, 2.05) is 22.7 Å². The molecule has 0 aliphatic rings. The molecule has 2 aromatic heterocycles. The fourth-order valence-corrected chi connectivity index (χ4v) is 8.68. The molecule has 0 spiro atoms. The monoisotopic (exact) mass is 646 g/mol. The number of benzene rings is 7. The molecule has 0 fully saturated rings. The molecule has 0 nitrogen and oxygen atoms in total. The summed E-state index contributed by atoms with van der Waals surface area (Å²) in [5.41, 5.74) is 12.5. The van der Waals surface area contributed by atoms with Crippen LogP contribution in [0.2, 0.25) is 0 Å². The standard InChI is InChI=1S/C46H30S2/c1-3-7-31(8-4-1)33-11-15-35(16-12-33)37-19-23-39(24-20-37)43-27-41-29-46-42(30-45(41)47-43)28-44(48-46)40-25-21-38(22-26-40)36-17-13-34(14-18-36)32-9-5-2-6-10-32/h1-30H. The minimum absolute atomic E-state index is 1.24. The Bertz CT molecular complexity index is 2260. The summed E-state index contributed by atoms with van der Waals surface area (Å²) in [5, 5.41) is 2.62. The van der Waals surface area contributed by atoms with Crippen molar-refractivity contribution in [2.75, 3.05) is 0 Å². The molecule has 0 amide bonds. The van der Waals surface area contributed by atoms with Crippen molar-refractivity contribution in [1.82, 2.24) is 0 Å². The Labute approximate surface area is 288 Å². The fraction of sp³-hybridized carbons (Fsp3) is 0. The van der Waals surface area contributed by atoms with E-state index in [9.17, 15) is 0 Å². The topological polar surface area (TPSA) is 0 Å². The first kappa shape index (κ1) is 28.7. The lowest BCUT2D eigenvalue weighted by Crippen LogP contribution is -1.81. The Morgan fingerprint density at radius 2 is 0.479 bits per heavy atom. The molecule has 0 aliphatic heterocycles. The molecule has 0 N–H and O–H groups in total. The molecular formula is C46H30S2. The molecule has 0 aliphatic carbocycles. The Morgan fingerprint density at radius 3 is 0.771 bits per heavy atom. The van der Waals surface area contributed by atoms with Gasteiger partial charge in [0.1, 0.15) is 0 Å². The highest BCUT2D eigenvalue weighted by molar-refractivity contribution is 7.23. The molecule has 0 saturated heterocycles. The van der Waals surface area contributed by atoms with Crippen molar-refractivity contribution in [2.24, 2.45) is 0 Å². The van der Waals surface area contributed by atoms with Gasteiger partial charge in [0.2, 0.25) is 0 Å². The van der Waals surface area contributed by atoms with E-state index in [1.54, 1.807) is 0 Å². The van der Waals surface area contributed by atoms with Crippen LogP contribution in [-0.2, 0) is 0 Å². The summed E-state index contributed by atoms with van der Waals surface area (Å²) in [5.74, 6) is 0. The average Bonchev–Trinajstić information content (AvgIpc) is 3.78. The van der Waals surface area contributed by atoms with E-state index in [0.717, 1.165) is 0 Å². The van der Waals surface area contributed by atoms with Crippen molar-refractivity contribution < 1.29 is 0 Å². The molecule has 0 atom stereocenters. The average molecular weight is 647 g/mol. The zero-order valence-electron chi connectivity index (χ0n) is 26.1. The molecule has 7 aromatic carbocycles. The smallest absolute Gasteiger partial charge is 0.0356 e. The normalized spacial score (nSPS) is 11.3. The number of fused-ring (bicyclic) bond motifs is 2. The summed E-state index contributed by atoms with van der Waals surface area (Å²) < 4.78 is 2.66. The first-order valence-electron chi connectivity index (χ1n) is 16.2. The van der Waals surface area contributed by atoms with E-state index in [0.29, 0.717) is 0 Å². The van der Waals surface area contributed by atoms with E-state index in [2.05, 4.69) is 182 Å². The number of thiophene rings is 2. The highest BCUT2D eigenvalue weighted by atomic mass is 32.1. The van der Waals surface area contributed by atoms with Crippen LogP contribution in [0.1, 0.15) is 0 Å². The second-order valence-electron chi connectivity index (χ2n) is 12.2. The molecule has 0 bridgehead atoms. The maximum atomic E-state index is 2.37. The van der Waals surface area contributed by atoms with Crippen LogP contribution < -0.4 is 0 Å². The van der Waals surface area contributed by atoms with Gasteiger partial charge in [-0.3, -0.25) is 0 Å².